The fourth-order valence-corrected chi connectivity index (χ4v) is 2.49. The van der Waals surface area contributed by atoms with Crippen LogP contribution in [0.5, 0.6) is 0 Å². The first-order valence-corrected chi connectivity index (χ1v) is 7.09. The van der Waals surface area contributed by atoms with E-state index in [1.54, 1.807) is 0 Å². The summed E-state index contributed by atoms with van der Waals surface area (Å²) in [5.41, 5.74) is 8.31. The monoisotopic (exact) mass is 335 g/mol. The van der Waals surface area contributed by atoms with Gasteiger partial charge in [-0.15, -0.1) is 22.7 Å². The summed E-state index contributed by atoms with van der Waals surface area (Å²) in [7, 11) is 2.61. The third kappa shape index (κ3) is 4.15. The predicted molar refractivity (Wildman–Crippen MR) is 76.3 cm³/mol. The standard InChI is InChI=1S/C5H4ClNO2S.C5H6N2O2S/c2*1-9-5(8)3-4(6)7-2-10-3/h2H,1H3;2H,6H2,1H3. The molecule has 2 aromatic rings. The molecular formula is C10H10ClN3O4S2. The Morgan fingerprint density at radius 1 is 1.10 bits per heavy atom. The van der Waals surface area contributed by atoms with Gasteiger partial charge in [0.1, 0.15) is 5.82 Å². The molecule has 0 bridgehead atoms. The number of ether oxygens (including phenoxy) is 2. The molecule has 2 N–H and O–H groups in total. The van der Waals surface area contributed by atoms with E-state index in [9.17, 15) is 9.59 Å². The lowest BCUT2D eigenvalue weighted by atomic mass is 10.5. The number of methoxy groups -OCH3 is 2. The number of carbonyl (C=O) groups excluding carboxylic acids is 2. The van der Waals surface area contributed by atoms with Crippen LogP contribution in [0.25, 0.3) is 0 Å². The van der Waals surface area contributed by atoms with Crippen LogP contribution in [0.15, 0.2) is 11.0 Å². The Morgan fingerprint density at radius 3 is 2.00 bits per heavy atom. The third-order valence-electron chi connectivity index (χ3n) is 1.86. The average Bonchev–Trinajstić information content (AvgIpc) is 3.06. The van der Waals surface area contributed by atoms with Gasteiger partial charge in [0.2, 0.25) is 0 Å². The molecule has 0 saturated heterocycles. The van der Waals surface area contributed by atoms with Crippen molar-refractivity contribution in [1.82, 2.24) is 9.97 Å². The van der Waals surface area contributed by atoms with Crippen molar-refractivity contribution in [2.24, 2.45) is 0 Å². The number of hydrogen-bond donors (Lipinski definition) is 1. The number of anilines is 1. The number of nitrogen functional groups attached to an aromatic ring is 1. The summed E-state index contributed by atoms with van der Waals surface area (Å²) in [6.07, 6.45) is 0. The minimum atomic E-state index is -0.437. The Balaban J connectivity index is 0.000000200. The normalized spacial score (nSPS) is 9.35. The maximum atomic E-state index is 10.8. The number of halogens is 1. The summed E-state index contributed by atoms with van der Waals surface area (Å²) in [6, 6.07) is 0. The van der Waals surface area contributed by atoms with Crippen molar-refractivity contribution < 1.29 is 19.1 Å². The van der Waals surface area contributed by atoms with Crippen LogP contribution in [0.4, 0.5) is 5.82 Å². The Bertz CT molecular complexity index is 547. The van der Waals surface area contributed by atoms with Crippen LogP contribution in [0.1, 0.15) is 19.3 Å². The number of aromatic nitrogens is 2. The minimum Gasteiger partial charge on any atom is -0.465 e. The molecule has 0 amide bonds. The number of rotatable bonds is 2. The molecule has 2 aromatic heterocycles. The zero-order chi connectivity index (χ0) is 15.1. The van der Waals surface area contributed by atoms with E-state index in [1.807, 2.05) is 0 Å². The van der Waals surface area contributed by atoms with Gasteiger partial charge in [-0.2, -0.15) is 0 Å². The van der Waals surface area contributed by atoms with Crippen LogP contribution in [0, 0.1) is 0 Å². The van der Waals surface area contributed by atoms with Crippen molar-refractivity contribution >= 4 is 52.0 Å². The minimum absolute atomic E-state index is 0.205. The summed E-state index contributed by atoms with van der Waals surface area (Å²) >= 11 is 7.85. The van der Waals surface area contributed by atoms with Crippen molar-refractivity contribution in [3.05, 3.63) is 25.9 Å². The van der Waals surface area contributed by atoms with Gasteiger partial charge < -0.3 is 15.2 Å². The molecular weight excluding hydrogens is 326 g/mol. The predicted octanol–water partition coefficient (Wildman–Crippen LogP) is 2.09. The van der Waals surface area contributed by atoms with Gasteiger partial charge in [0.15, 0.2) is 14.9 Å². The van der Waals surface area contributed by atoms with E-state index < -0.39 is 11.9 Å². The number of carbonyl (C=O) groups is 2. The molecule has 0 aliphatic rings. The van der Waals surface area contributed by atoms with Crippen molar-refractivity contribution in [3.63, 3.8) is 0 Å². The first-order valence-electron chi connectivity index (χ1n) is 4.95. The Labute approximate surface area is 127 Å². The van der Waals surface area contributed by atoms with Crippen molar-refractivity contribution in [2.75, 3.05) is 20.0 Å². The molecule has 20 heavy (non-hydrogen) atoms. The highest BCUT2D eigenvalue weighted by Crippen LogP contribution is 2.18. The lowest BCUT2D eigenvalue weighted by molar-refractivity contribution is 0.0597. The number of hydrogen-bond acceptors (Lipinski definition) is 9. The highest BCUT2D eigenvalue weighted by atomic mass is 35.5. The average molecular weight is 336 g/mol. The highest BCUT2D eigenvalue weighted by molar-refractivity contribution is 7.12. The van der Waals surface area contributed by atoms with Crippen molar-refractivity contribution in [1.29, 1.82) is 0 Å². The van der Waals surface area contributed by atoms with Crippen LogP contribution < -0.4 is 5.73 Å². The maximum absolute atomic E-state index is 10.8. The second-order valence-electron chi connectivity index (χ2n) is 3.02. The molecule has 0 aliphatic heterocycles. The summed E-state index contributed by atoms with van der Waals surface area (Å²) in [4.78, 5) is 29.6. The van der Waals surface area contributed by atoms with Gasteiger partial charge in [-0.1, -0.05) is 11.6 Å². The summed E-state index contributed by atoms with van der Waals surface area (Å²) in [5.74, 6) is -0.635. The van der Waals surface area contributed by atoms with Crippen molar-refractivity contribution in [3.8, 4) is 0 Å². The Hall–Kier alpha value is -1.71. The molecule has 108 valence electrons. The van der Waals surface area contributed by atoms with Crippen LogP contribution in [0.3, 0.4) is 0 Å². The molecule has 0 atom stereocenters. The first kappa shape index (κ1) is 16.3. The second-order valence-corrected chi connectivity index (χ2v) is 5.09. The maximum Gasteiger partial charge on any atom is 0.351 e. The molecule has 0 fully saturated rings. The molecule has 2 rings (SSSR count). The Kier molecular flexibility index (Phi) is 6.36. The van der Waals surface area contributed by atoms with E-state index in [1.165, 1.54) is 36.6 Å². The van der Waals surface area contributed by atoms with E-state index >= 15 is 0 Å². The number of nitrogens with two attached hydrogens (primary N) is 1. The first-order chi connectivity index (χ1) is 9.51. The van der Waals surface area contributed by atoms with Crippen molar-refractivity contribution in [2.45, 2.75) is 0 Å². The molecule has 7 nitrogen and oxygen atoms in total. The van der Waals surface area contributed by atoms with Crippen LogP contribution in [0.2, 0.25) is 5.15 Å². The van der Waals surface area contributed by atoms with Gasteiger partial charge in [-0.3, -0.25) is 0 Å². The molecule has 0 aromatic carbocycles. The summed E-state index contributed by atoms with van der Waals surface area (Å²) in [6.45, 7) is 0. The van der Waals surface area contributed by atoms with Gasteiger partial charge in [-0.25, -0.2) is 19.6 Å². The topological polar surface area (TPSA) is 104 Å². The van der Waals surface area contributed by atoms with Gasteiger partial charge in [0.25, 0.3) is 0 Å². The summed E-state index contributed by atoms with van der Waals surface area (Å²) in [5, 5.41) is 0.205. The van der Waals surface area contributed by atoms with E-state index in [-0.39, 0.29) is 11.0 Å². The largest absolute Gasteiger partial charge is 0.465 e. The zero-order valence-electron chi connectivity index (χ0n) is 10.5. The third-order valence-corrected chi connectivity index (χ3v) is 3.89. The van der Waals surface area contributed by atoms with Crippen LogP contribution in [-0.4, -0.2) is 36.1 Å². The van der Waals surface area contributed by atoms with E-state index in [0.717, 1.165) is 11.3 Å². The van der Waals surface area contributed by atoms with E-state index in [2.05, 4.69) is 19.4 Å². The smallest absolute Gasteiger partial charge is 0.351 e. The van der Waals surface area contributed by atoms with Gasteiger partial charge in [0, 0.05) is 0 Å². The van der Waals surface area contributed by atoms with E-state index in [4.69, 9.17) is 17.3 Å². The summed E-state index contributed by atoms with van der Waals surface area (Å²) < 4.78 is 8.85. The fraction of sp³-hybridized carbons (Fsp3) is 0.200. The van der Waals surface area contributed by atoms with Gasteiger partial charge >= 0.3 is 11.9 Å². The molecule has 0 radical (unpaired) electrons. The quantitative estimate of drug-likeness (QED) is 0.838. The lowest BCUT2D eigenvalue weighted by Gasteiger charge is -1.92. The molecule has 0 saturated carbocycles. The number of esters is 2. The number of thiazole rings is 2. The fourth-order valence-electron chi connectivity index (χ4n) is 0.958. The number of nitrogens with zero attached hydrogens (tertiary/aromatic N) is 2. The molecule has 0 spiro atoms. The zero-order valence-corrected chi connectivity index (χ0v) is 12.8. The molecule has 10 heteroatoms. The van der Waals surface area contributed by atoms with Gasteiger partial charge in [0.05, 0.1) is 25.2 Å². The lowest BCUT2D eigenvalue weighted by Crippen LogP contribution is -2.01. The SMILES string of the molecule is COC(=O)c1scnc1Cl.COC(=O)c1scnc1N. The highest BCUT2D eigenvalue weighted by Gasteiger charge is 2.12. The van der Waals surface area contributed by atoms with Crippen LogP contribution in [-0.2, 0) is 9.47 Å². The Morgan fingerprint density at radius 2 is 1.60 bits per heavy atom. The molecule has 2 heterocycles. The van der Waals surface area contributed by atoms with Crippen LogP contribution >= 0.6 is 34.3 Å². The molecule has 0 aliphatic carbocycles. The van der Waals surface area contributed by atoms with E-state index in [0.29, 0.717) is 9.75 Å². The second kappa shape index (κ2) is 7.78. The molecule has 0 unspecified atom stereocenters. The van der Waals surface area contributed by atoms with Gasteiger partial charge in [-0.05, 0) is 0 Å².